The Morgan fingerprint density at radius 1 is 0.211 bits per heavy atom. The van der Waals surface area contributed by atoms with Crippen LogP contribution in [0, 0.1) is 125 Å². The van der Waals surface area contributed by atoms with Gasteiger partial charge in [0, 0.05) is 0 Å². The van der Waals surface area contributed by atoms with Crippen molar-refractivity contribution in [3.05, 3.63) is 173 Å². The molecule has 6 aromatic rings. The van der Waals surface area contributed by atoms with Gasteiger partial charge in [-0.2, -0.15) is 0 Å². The molecule has 6 aromatic carbocycles. The summed E-state index contributed by atoms with van der Waals surface area (Å²) in [6, 6.07) is 29.3. The van der Waals surface area contributed by atoms with Crippen LogP contribution in [0.3, 0.4) is 0 Å². The molecule has 0 aliphatic carbocycles. The zero-order valence-corrected chi connectivity index (χ0v) is 44.0. The van der Waals surface area contributed by atoms with Crippen molar-refractivity contribution in [3.63, 3.8) is 0 Å². The van der Waals surface area contributed by atoms with E-state index in [1.807, 2.05) is 0 Å². The molecule has 0 unspecified atom stereocenters. The average molecular weight is 969 g/mol. The van der Waals surface area contributed by atoms with E-state index in [0.29, 0.717) is 0 Å². The van der Waals surface area contributed by atoms with Gasteiger partial charge in [0.15, 0.2) is 0 Å². The van der Waals surface area contributed by atoms with Gasteiger partial charge in [0.2, 0.25) is 0 Å². The number of benzene rings is 6. The van der Waals surface area contributed by atoms with Gasteiger partial charge in [-0.1, -0.05) is 0 Å². The molecule has 0 fully saturated rings. The van der Waals surface area contributed by atoms with Crippen molar-refractivity contribution in [1.82, 2.24) is 0 Å². The third-order valence-corrected chi connectivity index (χ3v) is 51.5. The molecule has 0 heterocycles. The van der Waals surface area contributed by atoms with Gasteiger partial charge >= 0.3 is 358 Å². The first-order valence-electron chi connectivity index (χ1n) is 20.8. The van der Waals surface area contributed by atoms with E-state index in [1.54, 1.807) is 0 Å². The molecule has 1 nitrogen and oxygen atoms in total. The summed E-state index contributed by atoms with van der Waals surface area (Å²) in [5.41, 5.74) is 24.1. The molecule has 6 rings (SSSR count). The fourth-order valence-corrected chi connectivity index (χ4v) is 61.0. The second-order valence-electron chi connectivity index (χ2n) is 18.1. The van der Waals surface area contributed by atoms with Gasteiger partial charge in [-0.05, 0) is 0 Å². The standard InChI is InChI=1S/6C9H11.O.2Sn/c6*1-7-4-8(2)6-9(3)5-7;;;/h6*4-5H,1-3H3;;;. The Morgan fingerprint density at radius 2 is 0.316 bits per heavy atom. The van der Waals surface area contributed by atoms with Crippen LogP contribution in [0.15, 0.2) is 72.8 Å². The molecule has 0 radical (unpaired) electrons. The fourth-order valence-electron chi connectivity index (χ4n) is 11.7. The topological polar surface area (TPSA) is 9.23 Å². The molecule has 296 valence electrons. The van der Waals surface area contributed by atoms with Crippen molar-refractivity contribution in [3.8, 4) is 0 Å². The summed E-state index contributed by atoms with van der Waals surface area (Å²) in [5, 5.41) is 0. The Hall–Kier alpha value is -3.12. The van der Waals surface area contributed by atoms with Crippen molar-refractivity contribution in [2.75, 3.05) is 0 Å². The SMILES string of the molecule is Cc1cc(C)[c]([Sn]([O][Sn]([c]2c(C)cc(C)cc2C)([c]2c(C)cc(C)cc2C)[c]2c(C)cc(C)cc2C)([c]2c(C)cc(C)cc2C)[c]2c(C)cc(C)cc2C)c(C)c1. The molecule has 0 aromatic heterocycles. The van der Waals surface area contributed by atoms with Crippen LogP contribution in [0.2, 0.25) is 0 Å². The molecule has 3 heteroatoms. The second-order valence-corrected chi connectivity index (χ2v) is 38.9. The van der Waals surface area contributed by atoms with E-state index in [0.717, 1.165) is 0 Å². The van der Waals surface area contributed by atoms with Crippen LogP contribution in [0.5, 0.6) is 0 Å². The zero-order valence-electron chi connectivity index (χ0n) is 38.3. The summed E-state index contributed by atoms with van der Waals surface area (Å²) in [6.07, 6.45) is 0. The van der Waals surface area contributed by atoms with E-state index >= 15 is 0 Å². The van der Waals surface area contributed by atoms with Crippen LogP contribution in [-0.4, -0.2) is 37.6 Å². The van der Waals surface area contributed by atoms with Gasteiger partial charge in [0.1, 0.15) is 0 Å². The predicted molar refractivity (Wildman–Crippen MR) is 254 cm³/mol. The van der Waals surface area contributed by atoms with Crippen molar-refractivity contribution in [1.29, 1.82) is 0 Å². The second kappa shape index (κ2) is 16.1. The van der Waals surface area contributed by atoms with E-state index in [1.165, 1.54) is 122 Å². The van der Waals surface area contributed by atoms with Gasteiger partial charge in [0.25, 0.3) is 0 Å². The third-order valence-electron chi connectivity index (χ3n) is 12.5. The Labute approximate surface area is 355 Å². The van der Waals surface area contributed by atoms with E-state index in [4.69, 9.17) is 0 Å². The molecule has 0 aliphatic rings. The Balaban J connectivity index is 2.08. The third kappa shape index (κ3) is 7.52. The Kier molecular flexibility index (Phi) is 12.3. The van der Waals surface area contributed by atoms with E-state index < -0.39 is 37.6 Å². The maximum atomic E-state index is 9.57. The predicted octanol–water partition coefficient (Wildman–Crippen LogP) is 9.89. The summed E-state index contributed by atoms with van der Waals surface area (Å²) < 4.78 is 18.5. The Bertz CT molecular complexity index is 1990. The molecule has 57 heavy (non-hydrogen) atoms. The van der Waals surface area contributed by atoms with Gasteiger partial charge in [-0.25, -0.2) is 0 Å². The van der Waals surface area contributed by atoms with Crippen molar-refractivity contribution in [2.45, 2.75) is 125 Å². The van der Waals surface area contributed by atoms with Gasteiger partial charge < -0.3 is 0 Å². The van der Waals surface area contributed by atoms with Crippen molar-refractivity contribution in [2.24, 2.45) is 0 Å². The molecule has 0 bridgehead atoms. The van der Waals surface area contributed by atoms with Crippen LogP contribution < -0.4 is 21.5 Å². The average Bonchev–Trinajstić information content (AvgIpc) is 3.01. The quantitative estimate of drug-likeness (QED) is 0.138. The summed E-state index contributed by atoms with van der Waals surface area (Å²) >= 11 is -9.67. The van der Waals surface area contributed by atoms with Crippen LogP contribution in [0.1, 0.15) is 100 Å². The Morgan fingerprint density at radius 3 is 0.421 bits per heavy atom. The first-order valence-corrected chi connectivity index (χ1v) is 31.7. The van der Waals surface area contributed by atoms with Gasteiger partial charge in [0.05, 0.1) is 0 Å². The summed E-state index contributed by atoms with van der Waals surface area (Å²) in [5.74, 6) is 0. The van der Waals surface area contributed by atoms with Crippen LogP contribution in [0.25, 0.3) is 0 Å². The normalized spacial score (nSPS) is 12.1. The minimum absolute atomic E-state index is 1.30. The van der Waals surface area contributed by atoms with Gasteiger partial charge in [-0.15, -0.1) is 0 Å². The zero-order chi connectivity index (χ0) is 42.0. The summed E-state index contributed by atoms with van der Waals surface area (Å²) in [6.45, 7) is 42.1. The molecule has 0 spiro atoms. The summed E-state index contributed by atoms with van der Waals surface area (Å²) in [4.78, 5) is 0. The number of hydrogen-bond donors (Lipinski definition) is 0. The number of rotatable bonds is 8. The molecular weight excluding hydrogens is 902 g/mol. The van der Waals surface area contributed by atoms with Crippen LogP contribution in [-0.2, 0) is 1.41 Å². The van der Waals surface area contributed by atoms with Crippen molar-refractivity contribution < 1.29 is 1.41 Å². The minimum atomic E-state index is -4.84. The molecular formula is C54H66OSn2. The summed E-state index contributed by atoms with van der Waals surface area (Å²) in [7, 11) is 0. The molecule has 0 aliphatic heterocycles. The van der Waals surface area contributed by atoms with Crippen LogP contribution in [0.4, 0.5) is 0 Å². The van der Waals surface area contributed by atoms with E-state index in [-0.39, 0.29) is 0 Å². The molecule has 0 N–H and O–H groups in total. The molecule has 0 amide bonds. The number of hydrogen-bond acceptors (Lipinski definition) is 1. The molecule has 0 saturated carbocycles. The maximum absolute atomic E-state index is 9.57. The molecule has 0 saturated heterocycles. The first kappa shape index (κ1) is 43.5. The number of aryl methyl sites for hydroxylation is 18. The van der Waals surface area contributed by atoms with Gasteiger partial charge in [-0.3, -0.25) is 0 Å². The van der Waals surface area contributed by atoms with Crippen molar-refractivity contribution >= 4 is 59.1 Å². The van der Waals surface area contributed by atoms with Crippen LogP contribution >= 0.6 is 0 Å². The molecule has 0 atom stereocenters. The van der Waals surface area contributed by atoms with E-state index in [2.05, 4.69) is 197 Å². The van der Waals surface area contributed by atoms with E-state index in [9.17, 15) is 1.41 Å². The monoisotopic (exact) mass is 970 g/mol. The first-order chi connectivity index (χ1) is 26.6. The fraction of sp³-hybridized carbons (Fsp3) is 0.333.